The fraction of sp³-hybridized carbons (Fsp3) is 1.00. The quantitative estimate of drug-likeness (QED) is 0.598. The fourth-order valence-corrected chi connectivity index (χ4v) is 0. The second kappa shape index (κ2) is 5.83. The van der Waals surface area contributed by atoms with Crippen LogP contribution >= 0.6 is 0 Å². The van der Waals surface area contributed by atoms with Crippen LogP contribution in [0.4, 0.5) is 0 Å². The average molecular weight is 192 g/mol. The molecule has 0 fully saturated rings. The molecule has 0 aliphatic heterocycles. The van der Waals surface area contributed by atoms with E-state index in [0.717, 1.165) is 6.42 Å². The predicted octanol–water partition coefficient (Wildman–Crippen LogP) is -0.407. The van der Waals surface area contributed by atoms with Crippen molar-refractivity contribution in [3.8, 4) is 0 Å². The van der Waals surface area contributed by atoms with Crippen molar-refractivity contribution in [2.45, 2.75) is 26.4 Å². The third kappa shape index (κ3) is 8.85. The van der Waals surface area contributed by atoms with E-state index in [1.807, 2.05) is 6.92 Å². The van der Waals surface area contributed by atoms with Crippen LogP contribution in [0.3, 0.4) is 0 Å². The first-order valence-electron chi connectivity index (χ1n) is 1.95. The molecule has 38 valence electrons. The van der Waals surface area contributed by atoms with E-state index < -0.39 is 0 Å². The second-order valence-corrected chi connectivity index (χ2v) is 1.26. The molecule has 1 N–H and O–H groups in total. The van der Waals surface area contributed by atoms with E-state index in [2.05, 4.69) is 0 Å². The van der Waals surface area contributed by atoms with E-state index in [0.29, 0.717) is 0 Å². The Balaban J connectivity index is 0. The molecular formula is C4H13InO. The first kappa shape index (κ1) is 9.95. The fourth-order valence-electron chi connectivity index (χ4n) is 0. The first-order valence-corrected chi connectivity index (χ1v) is 1.95. The van der Waals surface area contributed by atoms with Crippen LogP contribution in [0.1, 0.15) is 20.3 Å². The van der Waals surface area contributed by atoms with Gasteiger partial charge < -0.3 is 5.11 Å². The molecule has 0 heterocycles. The van der Waals surface area contributed by atoms with Crippen molar-refractivity contribution in [2.24, 2.45) is 0 Å². The monoisotopic (exact) mass is 192 g/mol. The van der Waals surface area contributed by atoms with Crippen LogP contribution in [0.15, 0.2) is 0 Å². The summed E-state index contributed by atoms with van der Waals surface area (Å²) in [6, 6.07) is 0. The minimum absolute atomic E-state index is 0. The molecule has 2 heteroatoms. The molecule has 0 spiro atoms. The molecule has 0 rings (SSSR count). The maximum atomic E-state index is 8.36. The zero-order chi connectivity index (χ0) is 4.28. The summed E-state index contributed by atoms with van der Waals surface area (Å²) in [5.41, 5.74) is 0. The molecule has 0 aromatic rings. The number of hydrogen-bond donors (Lipinski definition) is 1. The number of rotatable bonds is 1. The molecule has 0 aromatic carbocycles. The van der Waals surface area contributed by atoms with Gasteiger partial charge in [-0.25, -0.2) is 0 Å². The van der Waals surface area contributed by atoms with Crippen molar-refractivity contribution in [3.63, 3.8) is 0 Å². The van der Waals surface area contributed by atoms with Crippen LogP contribution in [-0.4, -0.2) is 37.1 Å². The zero-order valence-electron chi connectivity index (χ0n) is 3.73. The maximum absolute atomic E-state index is 8.36. The molecule has 0 saturated carbocycles. The summed E-state index contributed by atoms with van der Waals surface area (Å²) in [5.74, 6) is 0. The van der Waals surface area contributed by atoms with Crippen LogP contribution in [0.2, 0.25) is 0 Å². The zero-order valence-corrected chi connectivity index (χ0v) is 3.73. The Hall–Kier alpha value is 0.830. The van der Waals surface area contributed by atoms with Crippen molar-refractivity contribution in [1.29, 1.82) is 0 Å². The summed E-state index contributed by atoms with van der Waals surface area (Å²) < 4.78 is 0. The molecule has 0 radical (unpaired) electrons. The van der Waals surface area contributed by atoms with E-state index in [1.54, 1.807) is 6.92 Å². The van der Waals surface area contributed by atoms with Gasteiger partial charge in [-0.2, -0.15) is 0 Å². The van der Waals surface area contributed by atoms with Crippen LogP contribution in [0.5, 0.6) is 0 Å². The summed E-state index contributed by atoms with van der Waals surface area (Å²) in [5, 5.41) is 8.36. The van der Waals surface area contributed by atoms with Gasteiger partial charge in [-0.3, -0.25) is 0 Å². The van der Waals surface area contributed by atoms with Crippen LogP contribution in [-0.2, 0) is 0 Å². The van der Waals surface area contributed by atoms with Crippen molar-refractivity contribution >= 4 is 25.8 Å². The van der Waals surface area contributed by atoms with Gasteiger partial charge in [0.15, 0.2) is 0 Å². The van der Waals surface area contributed by atoms with Crippen molar-refractivity contribution in [2.75, 3.05) is 0 Å². The molecule has 1 atom stereocenters. The van der Waals surface area contributed by atoms with Gasteiger partial charge in [0.2, 0.25) is 0 Å². The summed E-state index contributed by atoms with van der Waals surface area (Å²) in [7, 11) is 0. The molecule has 0 aromatic heterocycles. The van der Waals surface area contributed by atoms with Crippen LogP contribution in [0, 0.1) is 0 Å². The Morgan fingerprint density at radius 3 is 1.83 bits per heavy atom. The molecule has 0 saturated heterocycles. The summed E-state index contributed by atoms with van der Waals surface area (Å²) in [6.45, 7) is 3.73. The predicted molar refractivity (Wildman–Crippen MR) is 31.9 cm³/mol. The van der Waals surface area contributed by atoms with E-state index in [1.165, 1.54) is 0 Å². The second-order valence-electron chi connectivity index (χ2n) is 1.26. The average Bonchev–Trinajstić information content (AvgIpc) is 1.38. The Morgan fingerprint density at radius 1 is 1.67 bits per heavy atom. The topological polar surface area (TPSA) is 20.2 Å². The normalized spacial score (nSPS) is 12.5. The summed E-state index contributed by atoms with van der Waals surface area (Å²) >= 11 is 0. The van der Waals surface area contributed by atoms with Gasteiger partial charge in [0, 0.05) is 0 Å². The van der Waals surface area contributed by atoms with Gasteiger partial charge in [0.1, 0.15) is 0 Å². The SMILES string of the molecule is CCC(C)O.[InH3]. The molecule has 1 unspecified atom stereocenters. The Bertz CT molecular complexity index is 21.5. The Labute approximate surface area is 57.5 Å². The minimum atomic E-state index is -0.116. The number of aliphatic hydroxyl groups is 1. The van der Waals surface area contributed by atoms with E-state index in [9.17, 15) is 0 Å². The van der Waals surface area contributed by atoms with Gasteiger partial charge in [-0.05, 0) is 13.3 Å². The van der Waals surface area contributed by atoms with Crippen molar-refractivity contribution in [1.82, 2.24) is 0 Å². The number of hydrogen-bond acceptors (Lipinski definition) is 1. The molecule has 6 heavy (non-hydrogen) atoms. The first-order chi connectivity index (χ1) is 2.27. The van der Waals surface area contributed by atoms with E-state index in [-0.39, 0.29) is 31.9 Å². The third-order valence-corrected chi connectivity index (χ3v) is 0.591. The molecule has 0 amide bonds. The third-order valence-electron chi connectivity index (χ3n) is 0.591. The van der Waals surface area contributed by atoms with Gasteiger partial charge in [-0.15, -0.1) is 0 Å². The standard InChI is InChI=1S/C4H10O.In.3H/c1-3-4(2)5;;;;/h4-5H,3H2,1-2H3;;;;. The Kier molecular flexibility index (Phi) is 9.67. The van der Waals surface area contributed by atoms with Gasteiger partial charge >= 0.3 is 25.8 Å². The van der Waals surface area contributed by atoms with Crippen LogP contribution < -0.4 is 0 Å². The van der Waals surface area contributed by atoms with Gasteiger partial charge in [0.25, 0.3) is 0 Å². The van der Waals surface area contributed by atoms with E-state index in [4.69, 9.17) is 5.11 Å². The van der Waals surface area contributed by atoms with Gasteiger partial charge in [0.05, 0.1) is 6.10 Å². The summed E-state index contributed by atoms with van der Waals surface area (Å²) in [6.07, 6.45) is 0.745. The Morgan fingerprint density at radius 2 is 1.83 bits per heavy atom. The number of aliphatic hydroxyl groups excluding tert-OH is 1. The van der Waals surface area contributed by atoms with Crippen LogP contribution in [0.25, 0.3) is 0 Å². The molecule has 0 bridgehead atoms. The van der Waals surface area contributed by atoms with Crippen molar-refractivity contribution in [3.05, 3.63) is 0 Å². The molecule has 0 aliphatic rings. The van der Waals surface area contributed by atoms with Gasteiger partial charge in [-0.1, -0.05) is 6.92 Å². The molecule has 0 aliphatic carbocycles. The van der Waals surface area contributed by atoms with Crippen molar-refractivity contribution < 1.29 is 5.11 Å². The van der Waals surface area contributed by atoms with E-state index >= 15 is 0 Å². The molecular weight excluding hydrogens is 179 g/mol. The molecule has 1 nitrogen and oxygen atoms in total. The summed E-state index contributed by atoms with van der Waals surface area (Å²) in [4.78, 5) is 0.